The molecule has 0 aliphatic rings. The maximum absolute atomic E-state index is 12.6. The van der Waals surface area contributed by atoms with Crippen molar-refractivity contribution in [3.63, 3.8) is 0 Å². The first-order valence-electron chi connectivity index (χ1n) is 7.02. The van der Waals surface area contributed by atoms with Crippen molar-refractivity contribution in [1.82, 2.24) is 15.6 Å². The lowest BCUT2D eigenvalue weighted by Gasteiger charge is -2.11. The Balaban J connectivity index is 1.75. The van der Waals surface area contributed by atoms with Crippen LogP contribution in [0, 0.1) is 0 Å². The number of halogens is 3. The summed E-state index contributed by atoms with van der Waals surface area (Å²) in [4.78, 5) is 4.00. The Morgan fingerprint density at radius 1 is 1.09 bits per heavy atom. The van der Waals surface area contributed by atoms with Gasteiger partial charge in [0.2, 0.25) is 0 Å². The zero-order chi connectivity index (χ0) is 16.7. The van der Waals surface area contributed by atoms with Crippen LogP contribution >= 0.6 is 12.2 Å². The highest BCUT2D eigenvalue weighted by atomic mass is 32.1. The molecule has 0 spiro atoms. The highest BCUT2D eigenvalue weighted by molar-refractivity contribution is 7.80. The first kappa shape index (κ1) is 17.2. The molecule has 0 bridgehead atoms. The van der Waals surface area contributed by atoms with Crippen LogP contribution in [0.4, 0.5) is 13.2 Å². The summed E-state index contributed by atoms with van der Waals surface area (Å²) >= 11 is 5.13. The Morgan fingerprint density at radius 3 is 2.57 bits per heavy atom. The van der Waals surface area contributed by atoms with Crippen molar-refractivity contribution in [1.29, 1.82) is 0 Å². The van der Waals surface area contributed by atoms with Gasteiger partial charge >= 0.3 is 6.18 Å². The smallest absolute Gasteiger partial charge is 0.362 e. The van der Waals surface area contributed by atoms with Gasteiger partial charge in [0.1, 0.15) is 0 Å². The van der Waals surface area contributed by atoms with Crippen LogP contribution in [0.5, 0.6) is 0 Å². The number of aromatic nitrogens is 1. The number of pyridine rings is 1. The monoisotopic (exact) mass is 339 g/mol. The number of rotatable bonds is 5. The number of nitrogens with zero attached hydrogens (tertiary/aromatic N) is 1. The van der Waals surface area contributed by atoms with Crippen LogP contribution in [0.1, 0.15) is 16.7 Å². The van der Waals surface area contributed by atoms with Gasteiger partial charge in [0, 0.05) is 25.5 Å². The van der Waals surface area contributed by atoms with E-state index in [1.807, 2.05) is 12.1 Å². The van der Waals surface area contributed by atoms with Crippen molar-refractivity contribution in [3.8, 4) is 0 Å². The van der Waals surface area contributed by atoms with E-state index in [1.165, 1.54) is 6.07 Å². The minimum absolute atomic E-state index is 0.457. The van der Waals surface area contributed by atoms with Gasteiger partial charge in [0.15, 0.2) is 5.11 Å². The van der Waals surface area contributed by atoms with Crippen molar-refractivity contribution in [3.05, 3.63) is 65.5 Å². The molecule has 7 heteroatoms. The molecule has 0 amide bonds. The van der Waals surface area contributed by atoms with E-state index in [0.717, 1.165) is 17.7 Å². The van der Waals surface area contributed by atoms with Gasteiger partial charge in [-0.2, -0.15) is 13.2 Å². The van der Waals surface area contributed by atoms with Crippen LogP contribution < -0.4 is 10.6 Å². The van der Waals surface area contributed by atoms with Crippen molar-refractivity contribution in [2.24, 2.45) is 0 Å². The summed E-state index contributed by atoms with van der Waals surface area (Å²) in [7, 11) is 0. The Labute approximate surface area is 137 Å². The van der Waals surface area contributed by atoms with E-state index in [0.29, 0.717) is 30.2 Å². The molecule has 1 heterocycles. The molecular weight excluding hydrogens is 323 g/mol. The number of benzene rings is 1. The molecule has 1 aromatic heterocycles. The van der Waals surface area contributed by atoms with Gasteiger partial charge in [0.25, 0.3) is 0 Å². The third kappa shape index (κ3) is 5.86. The fraction of sp³-hybridized carbons (Fsp3) is 0.250. The molecule has 0 radical (unpaired) electrons. The Kier molecular flexibility index (Phi) is 5.92. The first-order valence-corrected chi connectivity index (χ1v) is 7.43. The topological polar surface area (TPSA) is 37.0 Å². The maximum atomic E-state index is 12.6. The van der Waals surface area contributed by atoms with Crippen molar-refractivity contribution in [2.45, 2.75) is 19.1 Å². The largest absolute Gasteiger partial charge is 0.416 e. The van der Waals surface area contributed by atoms with Gasteiger partial charge in [-0.25, -0.2) is 0 Å². The van der Waals surface area contributed by atoms with Crippen molar-refractivity contribution >= 4 is 17.3 Å². The third-order valence-electron chi connectivity index (χ3n) is 3.13. The summed E-state index contributed by atoms with van der Waals surface area (Å²) in [6, 6.07) is 9.07. The van der Waals surface area contributed by atoms with Crippen molar-refractivity contribution < 1.29 is 13.2 Å². The number of alkyl halides is 3. The van der Waals surface area contributed by atoms with E-state index in [2.05, 4.69) is 15.6 Å². The minimum atomic E-state index is -4.32. The zero-order valence-corrected chi connectivity index (χ0v) is 13.0. The van der Waals surface area contributed by atoms with Crippen LogP contribution in [0.15, 0.2) is 48.8 Å². The van der Waals surface area contributed by atoms with Gasteiger partial charge in [-0.05, 0) is 41.9 Å². The molecule has 2 aromatic rings. The summed E-state index contributed by atoms with van der Waals surface area (Å²) in [5, 5.41) is 6.46. The van der Waals surface area contributed by atoms with Gasteiger partial charge < -0.3 is 10.6 Å². The molecule has 0 unspecified atom stereocenters. The maximum Gasteiger partial charge on any atom is 0.416 e. The quantitative estimate of drug-likeness (QED) is 0.820. The minimum Gasteiger partial charge on any atom is -0.362 e. The van der Waals surface area contributed by atoms with E-state index >= 15 is 0 Å². The van der Waals surface area contributed by atoms with E-state index in [1.54, 1.807) is 18.5 Å². The molecule has 1 aromatic carbocycles. The van der Waals surface area contributed by atoms with E-state index < -0.39 is 11.7 Å². The molecular formula is C16H16F3N3S. The first-order chi connectivity index (χ1) is 10.9. The average molecular weight is 339 g/mol. The van der Waals surface area contributed by atoms with Crippen LogP contribution in [-0.2, 0) is 19.1 Å². The van der Waals surface area contributed by atoms with Crippen LogP contribution in [0.25, 0.3) is 0 Å². The SMILES string of the molecule is FC(F)(F)c1cccc(CCNC(=S)NCc2cccnc2)c1. The molecule has 0 aliphatic heterocycles. The molecule has 0 saturated carbocycles. The fourth-order valence-electron chi connectivity index (χ4n) is 1.97. The van der Waals surface area contributed by atoms with E-state index in [-0.39, 0.29) is 0 Å². The standard InChI is InChI=1S/C16H16F3N3S/c17-16(18,19)14-5-1-3-12(9-14)6-8-21-15(23)22-11-13-4-2-7-20-10-13/h1-5,7,9-10H,6,8,11H2,(H2,21,22,23). The zero-order valence-electron chi connectivity index (χ0n) is 12.2. The summed E-state index contributed by atoms with van der Waals surface area (Å²) in [6.45, 7) is 1.00. The third-order valence-corrected chi connectivity index (χ3v) is 3.42. The molecule has 2 rings (SSSR count). The highest BCUT2D eigenvalue weighted by Gasteiger charge is 2.30. The Bertz CT molecular complexity index is 645. The highest BCUT2D eigenvalue weighted by Crippen LogP contribution is 2.29. The number of hydrogen-bond donors (Lipinski definition) is 2. The second-order valence-electron chi connectivity index (χ2n) is 4.92. The van der Waals surface area contributed by atoms with E-state index in [9.17, 15) is 13.2 Å². The fourth-order valence-corrected chi connectivity index (χ4v) is 2.15. The summed E-state index contributed by atoms with van der Waals surface area (Å²) in [5.41, 5.74) is 0.976. The second kappa shape index (κ2) is 7.92. The normalized spacial score (nSPS) is 11.1. The van der Waals surface area contributed by atoms with Gasteiger partial charge in [-0.3, -0.25) is 4.98 Å². The van der Waals surface area contributed by atoms with Crippen LogP contribution in [-0.4, -0.2) is 16.6 Å². The molecule has 0 atom stereocenters. The van der Waals surface area contributed by atoms with Gasteiger partial charge in [-0.1, -0.05) is 24.3 Å². The lowest BCUT2D eigenvalue weighted by atomic mass is 10.1. The summed E-state index contributed by atoms with van der Waals surface area (Å²) in [6.07, 6.45) is -0.434. The summed E-state index contributed by atoms with van der Waals surface area (Å²) in [5.74, 6) is 0. The number of hydrogen-bond acceptors (Lipinski definition) is 2. The molecule has 3 nitrogen and oxygen atoms in total. The Hall–Kier alpha value is -2.15. The lowest BCUT2D eigenvalue weighted by molar-refractivity contribution is -0.137. The number of thiocarbonyl (C=S) groups is 1. The van der Waals surface area contributed by atoms with Crippen molar-refractivity contribution in [2.75, 3.05) is 6.54 Å². The van der Waals surface area contributed by atoms with Crippen LogP contribution in [0.2, 0.25) is 0 Å². The van der Waals surface area contributed by atoms with Crippen LogP contribution in [0.3, 0.4) is 0 Å². The predicted octanol–water partition coefficient (Wildman–Crippen LogP) is 3.31. The molecule has 0 saturated heterocycles. The predicted molar refractivity (Wildman–Crippen MR) is 86.8 cm³/mol. The Morgan fingerprint density at radius 2 is 1.87 bits per heavy atom. The van der Waals surface area contributed by atoms with Gasteiger partial charge in [-0.15, -0.1) is 0 Å². The molecule has 23 heavy (non-hydrogen) atoms. The molecule has 122 valence electrons. The van der Waals surface area contributed by atoms with E-state index in [4.69, 9.17) is 12.2 Å². The second-order valence-corrected chi connectivity index (χ2v) is 5.33. The number of nitrogens with one attached hydrogen (secondary N) is 2. The van der Waals surface area contributed by atoms with Gasteiger partial charge in [0.05, 0.1) is 5.56 Å². The molecule has 0 fully saturated rings. The summed E-state index contributed by atoms with van der Waals surface area (Å²) < 4.78 is 37.9. The molecule has 0 aliphatic carbocycles. The lowest BCUT2D eigenvalue weighted by Crippen LogP contribution is -2.35. The average Bonchev–Trinajstić information content (AvgIpc) is 2.53. The molecule has 2 N–H and O–H groups in total.